The van der Waals surface area contributed by atoms with Crippen LogP contribution in [-0.4, -0.2) is 46.1 Å². The van der Waals surface area contributed by atoms with E-state index in [4.69, 9.17) is 4.74 Å². The van der Waals surface area contributed by atoms with Gasteiger partial charge < -0.3 is 9.64 Å². The summed E-state index contributed by atoms with van der Waals surface area (Å²) >= 11 is 6.45. The molecule has 1 fully saturated rings. The fraction of sp³-hybridized carbons (Fsp3) is 0.556. The average Bonchev–Trinajstić information content (AvgIpc) is 2.96. The lowest BCUT2D eigenvalue weighted by atomic mass is 9.75. The van der Waals surface area contributed by atoms with Gasteiger partial charge in [0, 0.05) is 55.4 Å². The average molecular weight is 593 g/mol. The first-order valence-electron chi connectivity index (χ1n) is 15.6. The maximum Gasteiger partial charge on any atom is 0.123 e. The van der Waals surface area contributed by atoms with E-state index in [1.807, 2.05) is 11.9 Å². The Kier molecular flexibility index (Phi) is 11.0. The van der Waals surface area contributed by atoms with Gasteiger partial charge in [-0.25, -0.2) is 0 Å². The van der Waals surface area contributed by atoms with E-state index in [0.717, 1.165) is 68.1 Å². The predicted octanol–water partition coefficient (Wildman–Crippen LogP) is 9.67. The first kappa shape index (κ1) is 32.1. The van der Waals surface area contributed by atoms with Gasteiger partial charge in [0.15, 0.2) is 0 Å². The summed E-state index contributed by atoms with van der Waals surface area (Å²) in [7, 11) is 0. The molecule has 2 aromatic rings. The summed E-state index contributed by atoms with van der Waals surface area (Å²) < 4.78 is 9.40. The molecule has 3 nitrogen and oxygen atoms in total. The van der Waals surface area contributed by atoms with Crippen molar-refractivity contribution in [1.82, 2.24) is 9.21 Å². The molecule has 0 aliphatic carbocycles. The summed E-state index contributed by atoms with van der Waals surface area (Å²) in [5, 5.41) is 0. The summed E-state index contributed by atoms with van der Waals surface area (Å²) in [5.41, 5.74) is 6.47. The summed E-state index contributed by atoms with van der Waals surface area (Å²) in [4.78, 5) is 2.19. The molecule has 0 amide bonds. The van der Waals surface area contributed by atoms with Gasteiger partial charge in [-0.3, -0.25) is 4.31 Å². The molecule has 2 atom stereocenters. The molecule has 41 heavy (non-hydrogen) atoms. The van der Waals surface area contributed by atoms with Crippen LogP contribution in [0.25, 0.3) is 5.70 Å². The second-order valence-electron chi connectivity index (χ2n) is 13.2. The largest absolute Gasteiger partial charge is 0.487 e. The van der Waals surface area contributed by atoms with Crippen molar-refractivity contribution in [1.29, 1.82) is 0 Å². The van der Waals surface area contributed by atoms with Gasteiger partial charge in [-0.2, -0.15) is 12.6 Å². The molecule has 2 unspecified atom stereocenters. The molecule has 1 spiro atoms. The molecule has 1 saturated heterocycles. The lowest BCUT2D eigenvalue weighted by molar-refractivity contribution is -0.00172. The Morgan fingerprint density at radius 2 is 1.78 bits per heavy atom. The van der Waals surface area contributed by atoms with Crippen molar-refractivity contribution in [3.05, 3.63) is 84.0 Å². The molecule has 0 aromatic heterocycles. The summed E-state index contributed by atoms with van der Waals surface area (Å²) in [5.74, 6) is 3.80. The summed E-state index contributed by atoms with van der Waals surface area (Å²) in [6.45, 7) is 23.4. The lowest BCUT2D eigenvalue weighted by Crippen LogP contribution is -2.49. The first-order valence-corrected chi connectivity index (χ1v) is 17.1. The minimum absolute atomic E-state index is 0.112. The Morgan fingerprint density at radius 1 is 1.10 bits per heavy atom. The van der Waals surface area contributed by atoms with E-state index in [2.05, 4.69) is 118 Å². The van der Waals surface area contributed by atoms with E-state index >= 15 is 0 Å². The number of hydrogen-bond donors (Lipinski definition) is 1. The highest BCUT2D eigenvalue weighted by Crippen LogP contribution is 2.48. The highest BCUT2D eigenvalue weighted by atomic mass is 32.2. The van der Waals surface area contributed by atoms with Crippen molar-refractivity contribution in [2.45, 2.75) is 84.7 Å². The zero-order valence-electron chi connectivity index (χ0n) is 26.1. The topological polar surface area (TPSA) is 15.7 Å². The molecule has 0 radical (unpaired) electrons. The van der Waals surface area contributed by atoms with Crippen molar-refractivity contribution in [2.75, 3.05) is 31.3 Å². The molecule has 2 heterocycles. The number of thiol groups is 1. The minimum Gasteiger partial charge on any atom is -0.487 e. The number of fused-ring (bicyclic) bond motifs is 1. The maximum absolute atomic E-state index is 6.84. The molecule has 0 saturated carbocycles. The molecule has 4 rings (SSSR count). The molecule has 2 aliphatic heterocycles. The number of benzene rings is 2. The Morgan fingerprint density at radius 3 is 2.39 bits per heavy atom. The molecule has 0 N–H and O–H groups in total. The van der Waals surface area contributed by atoms with Crippen LogP contribution in [-0.2, 0) is 0 Å². The Labute approximate surface area is 260 Å². The number of nitrogens with zero attached hydrogens (tertiary/aromatic N) is 2. The van der Waals surface area contributed by atoms with E-state index in [1.165, 1.54) is 29.5 Å². The Balaban J connectivity index is 1.40. The first-order chi connectivity index (χ1) is 19.6. The predicted molar refractivity (Wildman–Crippen MR) is 183 cm³/mol. The summed E-state index contributed by atoms with van der Waals surface area (Å²) in [6, 6.07) is 17.7. The van der Waals surface area contributed by atoms with E-state index in [-0.39, 0.29) is 5.60 Å². The van der Waals surface area contributed by atoms with Gasteiger partial charge >= 0.3 is 0 Å². The van der Waals surface area contributed by atoms with Gasteiger partial charge in [-0.1, -0.05) is 107 Å². The number of rotatable bonds is 12. The van der Waals surface area contributed by atoms with Gasteiger partial charge in [0.05, 0.1) is 5.88 Å². The normalized spacial score (nSPS) is 19.3. The molecule has 224 valence electrons. The van der Waals surface area contributed by atoms with Crippen LogP contribution < -0.4 is 4.74 Å². The second-order valence-corrected chi connectivity index (χ2v) is 14.5. The molecule has 2 aromatic carbocycles. The van der Waals surface area contributed by atoms with Gasteiger partial charge in [-0.05, 0) is 54.7 Å². The monoisotopic (exact) mass is 592 g/mol. The van der Waals surface area contributed by atoms with Crippen molar-refractivity contribution in [3.8, 4) is 5.75 Å². The number of hydrogen-bond acceptors (Lipinski definition) is 5. The van der Waals surface area contributed by atoms with Crippen LogP contribution in [0.2, 0.25) is 0 Å². The van der Waals surface area contributed by atoms with Gasteiger partial charge in [0.1, 0.15) is 11.4 Å². The maximum atomic E-state index is 6.84. The zero-order chi connectivity index (χ0) is 29.6. The van der Waals surface area contributed by atoms with Crippen LogP contribution in [0.15, 0.2) is 67.3 Å². The van der Waals surface area contributed by atoms with Crippen LogP contribution in [0.3, 0.4) is 0 Å². The Bertz CT molecular complexity index is 1160. The lowest BCUT2D eigenvalue weighted by Gasteiger charge is -2.47. The Hall–Kier alpha value is -1.82. The van der Waals surface area contributed by atoms with Crippen molar-refractivity contribution in [2.24, 2.45) is 11.3 Å². The van der Waals surface area contributed by atoms with Gasteiger partial charge in [0.2, 0.25) is 0 Å². The quantitative estimate of drug-likeness (QED) is 0.114. The van der Waals surface area contributed by atoms with Crippen molar-refractivity contribution < 1.29 is 4.74 Å². The second kappa shape index (κ2) is 14.1. The fourth-order valence-electron chi connectivity index (χ4n) is 6.49. The molecular formula is C36H52N2OS2. The summed E-state index contributed by atoms with van der Waals surface area (Å²) in [6.07, 6.45) is 6.80. The third-order valence-electron chi connectivity index (χ3n) is 9.26. The standard InChI is InChI=1S/C36H52N2OS2/c1-8-12-31(35(5,6)7)23-27(3)25-41-38-21-19-36(20-22-38)24-33(32-13-10-11-14-34(32)39-36)30-17-15-29(16-18-30)28(4)37(9-2)26-40/h10-11,13-18,31,33,40H,3-4,8-9,12,19-26H2,1-2,5-7H3. The van der Waals surface area contributed by atoms with Gasteiger partial charge in [0.25, 0.3) is 0 Å². The van der Waals surface area contributed by atoms with Crippen LogP contribution >= 0.6 is 24.6 Å². The zero-order valence-corrected chi connectivity index (χ0v) is 27.8. The molecule has 2 aliphatic rings. The highest BCUT2D eigenvalue weighted by Gasteiger charge is 2.43. The van der Waals surface area contributed by atoms with E-state index < -0.39 is 0 Å². The third-order valence-corrected chi connectivity index (χ3v) is 10.9. The van der Waals surface area contributed by atoms with E-state index in [0.29, 0.717) is 23.1 Å². The van der Waals surface area contributed by atoms with Crippen LogP contribution in [0.1, 0.15) is 95.8 Å². The molecule has 0 bridgehead atoms. The van der Waals surface area contributed by atoms with Crippen LogP contribution in [0.5, 0.6) is 5.75 Å². The molecular weight excluding hydrogens is 541 g/mol. The highest BCUT2D eigenvalue weighted by molar-refractivity contribution is 7.97. The SMILES string of the molecule is C=C(CSN1CCC2(CC1)CC(c1ccc(C(=C)N(CC)CS)cc1)c1ccccc1O2)CC(CCC)C(C)(C)C. The number of piperidine rings is 1. The number of ether oxygens (including phenoxy) is 1. The minimum atomic E-state index is -0.112. The van der Waals surface area contributed by atoms with E-state index in [1.54, 1.807) is 0 Å². The molecule has 5 heteroatoms. The van der Waals surface area contributed by atoms with Crippen LogP contribution in [0, 0.1) is 11.3 Å². The van der Waals surface area contributed by atoms with Gasteiger partial charge in [-0.15, -0.1) is 0 Å². The van der Waals surface area contributed by atoms with Crippen molar-refractivity contribution >= 4 is 30.3 Å². The van der Waals surface area contributed by atoms with Crippen molar-refractivity contribution in [3.63, 3.8) is 0 Å². The smallest absolute Gasteiger partial charge is 0.123 e. The number of para-hydroxylation sites is 1. The third kappa shape index (κ3) is 7.97. The fourth-order valence-corrected chi connectivity index (χ4v) is 7.79. The van der Waals surface area contributed by atoms with Crippen LogP contribution in [0.4, 0.5) is 0 Å². The van der Waals surface area contributed by atoms with E-state index in [9.17, 15) is 0 Å².